The zero-order valence-electron chi connectivity index (χ0n) is 12.7. The minimum atomic E-state index is 0.829. The van der Waals surface area contributed by atoms with Crippen molar-refractivity contribution in [2.24, 2.45) is 5.92 Å². The molecule has 0 heteroatoms. The minimum Gasteiger partial charge on any atom is -0.0991 e. The SMILES string of the molecule is C=C/C=C(\CCC)C1=C(C2CCCC2)C=C(C)CC1. The predicted molar refractivity (Wildman–Crippen MR) is 85.2 cm³/mol. The molecular formula is C19H28. The van der Waals surface area contributed by atoms with Gasteiger partial charge in [0, 0.05) is 0 Å². The summed E-state index contributed by atoms with van der Waals surface area (Å²) >= 11 is 0. The molecule has 0 N–H and O–H groups in total. The van der Waals surface area contributed by atoms with Crippen LogP contribution in [0.4, 0.5) is 0 Å². The monoisotopic (exact) mass is 256 g/mol. The van der Waals surface area contributed by atoms with Gasteiger partial charge in [-0.05, 0) is 61.7 Å². The molecule has 0 unspecified atom stereocenters. The Morgan fingerprint density at radius 3 is 2.68 bits per heavy atom. The van der Waals surface area contributed by atoms with E-state index in [4.69, 9.17) is 0 Å². The van der Waals surface area contributed by atoms with E-state index in [2.05, 4.69) is 32.6 Å². The molecule has 0 aromatic rings. The van der Waals surface area contributed by atoms with Gasteiger partial charge in [-0.15, -0.1) is 0 Å². The van der Waals surface area contributed by atoms with E-state index in [0.29, 0.717) is 0 Å². The van der Waals surface area contributed by atoms with Crippen LogP contribution in [0.5, 0.6) is 0 Å². The lowest BCUT2D eigenvalue weighted by atomic mass is 9.80. The van der Waals surface area contributed by atoms with Crippen molar-refractivity contribution >= 4 is 0 Å². The minimum absolute atomic E-state index is 0.829. The molecule has 1 fully saturated rings. The molecule has 2 rings (SSSR count). The molecule has 0 aliphatic heterocycles. The van der Waals surface area contributed by atoms with Crippen LogP contribution in [0.1, 0.15) is 65.2 Å². The molecule has 0 atom stereocenters. The Morgan fingerprint density at radius 2 is 2.05 bits per heavy atom. The number of hydrogen-bond acceptors (Lipinski definition) is 0. The van der Waals surface area contributed by atoms with Crippen molar-refractivity contribution in [3.8, 4) is 0 Å². The first kappa shape index (κ1) is 14.4. The maximum atomic E-state index is 3.90. The molecule has 0 aromatic carbocycles. The molecule has 0 amide bonds. The zero-order valence-corrected chi connectivity index (χ0v) is 12.7. The summed E-state index contributed by atoms with van der Waals surface area (Å²) < 4.78 is 0. The zero-order chi connectivity index (χ0) is 13.7. The van der Waals surface area contributed by atoms with Gasteiger partial charge >= 0.3 is 0 Å². The molecule has 0 aromatic heterocycles. The van der Waals surface area contributed by atoms with Crippen molar-refractivity contribution in [3.05, 3.63) is 47.1 Å². The van der Waals surface area contributed by atoms with Gasteiger partial charge in [0.25, 0.3) is 0 Å². The Morgan fingerprint density at radius 1 is 1.32 bits per heavy atom. The van der Waals surface area contributed by atoms with Crippen molar-refractivity contribution in [1.29, 1.82) is 0 Å². The summed E-state index contributed by atoms with van der Waals surface area (Å²) in [6.45, 7) is 8.47. The van der Waals surface area contributed by atoms with E-state index in [-0.39, 0.29) is 0 Å². The highest BCUT2D eigenvalue weighted by molar-refractivity contribution is 5.46. The second-order valence-corrected chi connectivity index (χ2v) is 6.08. The summed E-state index contributed by atoms with van der Waals surface area (Å²) in [7, 11) is 0. The van der Waals surface area contributed by atoms with Gasteiger partial charge in [0.1, 0.15) is 0 Å². The Bertz CT molecular complexity index is 411. The van der Waals surface area contributed by atoms with E-state index in [1.54, 1.807) is 22.3 Å². The van der Waals surface area contributed by atoms with E-state index < -0.39 is 0 Å². The van der Waals surface area contributed by atoms with E-state index in [0.717, 1.165) is 5.92 Å². The standard InChI is InChI=1S/C19H28/c1-4-8-16(9-5-2)18-13-12-15(3)14-19(18)17-10-6-7-11-17/h4,8,14,17H,1,5-7,9-13H2,2-3H3/b16-8+. The Labute approximate surface area is 119 Å². The van der Waals surface area contributed by atoms with Crippen LogP contribution < -0.4 is 0 Å². The van der Waals surface area contributed by atoms with Crippen LogP contribution in [0, 0.1) is 5.92 Å². The van der Waals surface area contributed by atoms with Crippen LogP contribution in [-0.2, 0) is 0 Å². The third-order valence-corrected chi connectivity index (χ3v) is 4.54. The van der Waals surface area contributed by atoms with Gasteiger partial charge in [0.05, 0.1) is 0 Å². The Kier molecular flexibility index (Phi) is 5.24. The van der Waals surface area contributed by atoms with Crippen molar-refractivity contribution in [1.82, 2.24) is 0 Å². The molecule has 0 saturated heterocycles. The normalized spacial score (nSPS) is 21.8. The fourth-order valence-corrected chi connectivity index (χ4v) is 3.58. The highest BCUT2D eigenvalue weighted by Crippen LogP contribution is 2.40. The van der Waals surface area contributed by atoms with Crippen LogP contribution in [0.25, 0.3) is 0 Å². The third-order valence-electron chi connectivity index (χ3n) is 4.54. The second-order valence-electron chi connectivity index (χ2n) is 6.08. The van der Waals surface area contributed by atoms with E-state index >= 15 is 0 Å². The van der Waals surface area contributed by atoms with E-state index in [1.165, 1.54) is 51.4 Å². The molecule has 104 valence electrons. The van der Waals surface area contributed by atoms with Crippen LogP contribution >= 0.6 is 0 Å². The predicted octanol–water partition coefficient (Wildman–Crippen LogP) is 6.13. The molecule has 2 aliphatic rings. The van der Waals surface area contributed by atoms with Gasteiger partial charge in [-0.2, -0.15) is 0 Å². The topological polar surface area (TPSA) is 0 Å². The highest BCUT2D eigenvalue weighted by Gasteiger charge is 2.24. The molecule has 0 radical (unpaired) electrons. The van der Waals surface area contributed by atoms with Gasteiger partial charge in [-0.1, -0.05) is 56.6 Å². The van der Waals surface area contributed by atoms with Crippen LogP contribution in [0.2, 0.25) is 0 Å². The molecule has 1 saturated carbocycles. The van der Waals surface area contributed by atoms with Gasteiger partial charge in [0.15, 0.2) is 0 Å². The number of allylic oxidation sites excluding steroid dienone is 7. The largest absolute Gasteiger partial charge is 0.0991 e. The first-order valence-corrected chi connectivity index (χ1v) is 7.98. The summed E-state index contributed by atoms with van der Waals surface area (Å²) in [5.41, 5.74) is 6.44. The summed E-state index contributed by atoms with van der Waals surface area (Å²) in [6.07, 6.45) is 17.3. The van der Waals surface area contributed by atoms with Gasteiger partial charge < -0.3 is 0 Å². The van der Waals surface area contributed by atoms with E-state index in [1.807, 2.05) is 6.08 Å². The Hall–Kier alpha value is -1.04. The summed E-state index contributed by atoms with van der Waals surface area (Å²) in [5.74, 6) is 0.829. The fraction of sp³-hybridized carbons (Fsp3) is 0.579. The maximum Gasteiger partial charge on any atom is -0.0159 e. The molecule has 0 nitrogen and oxygen atoms in total. The smallest absolute Gasteiger partial charge is 0.0159 e. The van der Waals surface area contributed by atoms with Crippen LogP contribution in [-0.4, -0.2) is 0 Å². The van der Waals surface area contributed by atoms with Crippen molar-refractivity contribution < 1.29 is 0 Å². The molecule has 0 spiro atoms. The van der Waals surface area contributed by atoms with Gasteiger partial charge in [0.2, 0.25) is 0 Å². The van der Waals surface area contributed by atoms with Gasteiger partial charge in [-0.3, -0.25) is 0 Å². The average Bonchev–Trinajstić information content (AvgIpc) is 2.92. The Balaban J connectivity index is 2.37. The van der Waals surface area contributed by atoms with E-state index in [9.17, 15) is 0 Å². The van der Waals surface area contributed by atoms with Crippen LogP contribution in [0.3, 0.4) is 0 Å². The third kappa shape index (κ3) is 3.49. The first-order valence-electron chi connectivity index (χ1n) is 7.98. The lowest BCUT2D eigenvalue weighted by molar-refractivity contribution is 0.636. The summed E-state index contributed by atoms with van der Waals surface area (Å²) in [4.78, 5) is 0. The quantitative estimate of drug-likeness (QED) is 0.519. The molecule has 0 bridgehead atoms. The molecule has 0 heterocycles. The number of rotatable bonds is 5. The van der Waals surface area contributed by atoms with Gasteiger partial charge in [-0.25, -0.2) is 0 Å². The molecule has 2 aliphatic carbocycles. The fourth-order valence-electron chi connectivity index (χ4n) is 3.58. The maximum absolute atomic E-state index is 3.90. The summed E-state index contributed by atoms with van der Waals surface area (Å²) in [5, 5.41) is 0. The first-order chi connectivity index (χ1) is 9.26. The average molecular weight is 256 g/mol. The summed E-state index contributed by atoms with van der Waals surface area (Å²) in [6, 6.07) is 0. The lowest BCUT2D eigenvalue weighted by Crippen LogP contribution is -2.08. The molecule has 19 heavy (non-hydrogen) atoms. The molecular weight excluding hydrogens is 228 g/mol. The lowest BCUT2D eigenvalue weighted by Gasteiger charge is -2.25. The van der Waals surface area contributed by atoms with Crippen molar-refractivity contribution in [2.45, 2.75) is 65.2 Å². The number of hydrogen-bond donors (Lipinski definition) is 0. The highest BCUT2D eigenvalue weighted by atomic mass is 14.3. The van der Waals surface area contributed by atoms with Crippen molar-refractivity contribution in [3.63, 3.8) is 0 Å². The second kappa shape index (κ2) is 6.93. The van der Waals surface area contributed by atoms with Crippen molar-refractivity contribution in [2.75, 3.05) is 0 Å². The van der Waals surface area contributed by atoms with Crippen LogP contribution in [0.15, 0.2) is 47.1 Å².